The minimum atomic E-state index is -5.68. The van der Waals surface area contributed by atoms with Crippen LogP contribution in [0.25, 0.3) is 22.0 Å². The van der Waals surface area contributed by atoms with Crippen LogP contribution in [0.5, 0.6) is 11.5 Å². The van der Waals surface area contributed by atoms with Crippen LogP contribution < -0.4 is 14.5 Å². The van der Waals surface area contributed by atoms with Crippen molar-refractivity contribution in [1.29, 1.82) is 0 Å². The summed E-state index contributed by atoms with van der Waals surface area (Å²) in [5.74, 6) is -16.6. The van der Waals surface area contributed by atoms with Crippen molar-refractivity contribution in [2.24, 2.45) is 0 Å². The van der Waals surface area contributed by atoms with E-state index in [4.69, 9.17) is 16.3 Å². The molecule has 0 saturated carbocycles. The molecule has 37 heavy (non-hydrogen) atoms. The summed E-state index contributed by atoms with van der Waals surface area (Å²) >= 11 is 9.29. The minimum Gasteiger partial charge on any atom is -0.496 e. The van der Waals surface area contributed by atoms with E-state index in [-0.39, 0.29) is 31.7 Å². The van der Waals surface area contributed by atoms with E-state index < -0.39 is 66.8 Å². The van der Waals surface area contributed by atoms with Crippen molar-refractivity contribution in [1.82, 2.24) is 4.98 Å². The second-order valence-corrected chi connectivity index (χ2v) is 9.99. The Morgan fingerprint density at radius 2 is 1.51 bits per heavy atom. The lowest BCUT2D eigenvalue weighted by atomic mass is 9.99. The number of fused-ring (bicyclic) bond motifs is 1. The topological polar surface area (TPSA) is 85.5 Å². The van der Waals surface area contributed by atoms with Crippen molar-refractivity contribution in [3.05, 3.63) is 85.1 Å². The van der Waals surface area contributed by atoms with E-state index in [2.05, 4.69) is 25.1 Å². The first kappa shape index (κ1) is 26.8. The molecule has 0 bridgehead atoms. The van der Waals surface area contributed by atoms with E-state index >= 15 is 4.39 Å². The Morgan fingerprint density at radius 1 is 0.919 bits per heavy atom. The number of halogens is 8. The van der Waals surface area contributed by atoms with Gasteiger partial charge in [-0.1, -0.05) is 11.6 Å². The lowest BCUT2D eigenvalue weighted by molar-refractivity contribution is 0.346. The Bertz CT molecular complexity index is 1750. The number of hydrogen-bond donors (Lipinski definition) is 1. The van der Waals surface area contributed by atoms with Crippen LogP contribution in [-0.4, -0.2) is 20.5 Å². The lowest BCUT2D eigenvalue weighted by Crippen LogP contribution is -2.17. The fraction of sp³-hybridized carbons (Fsp3) is 0.0455. The molecule has 0 unspecified atom stereocenters. The average molecular weight is 629 g/mol. The van der Waals surface area contributed by atoms with Crippen LogP contribution in [-0.2, 0) is 10.1 Å². The Labute approximate surface area is 216 Å². The molecule has 0 spiro atoms. The number of H-pyrrole nitrogens is 1. The van der Waals surface area contributed by atoms with Gasteiger partial charge in [-0.25, -0.2) is 17.6 Å². The van der Waals surface area contributed by atoms with Gasteiger partial charge in [-0.3, -0.25) is 4.79 Å². The first-order chi connectivity index (χ1) is 17.3. The molecular formula is C22H9BrClF6NO5S. The number of aromatic nitrogens is 1. The quantitative estimate of drug-likeness (QED) is 0.123. The van der Waals surface area contributed by atoms with Crippen molar-refractivity contribution in [3.8, 4) is 22.6 Å². The number of pyridine rings is 1. The standard InChI is InChI=1S/C22H9BrClF6NO5S/c1-35-13-5-9(23)10(24)4-8(13)15-7-2-3-14(32)31-12(7)6-11(25)22(15)37(33,34)36-21-19(29)17(27)16(26)18(28)20(21)30/h2-6H,1H3,(H,31,32). The zero-order valence-corrected chi connectivity index (χ0v) is 21.0. The van der Waals surface area contributed by atoms with Crippen LogP contribution in [0.1, 0.15) is 0 Å². The van der Waals surface area contributed by atoms with Gasteiger partial charge in [0.05, 0.1) is 17.6 Å². The summed E-state index contributed by atoms with van der Waals surface area (Å²) < 4.78 is 121. The maximum absolute atomic E-state index is 15.4. The fourth-order valence-corrected chi connectivity index (χ4v) is 5.17. The molecule has 3 aromatic carbocycles. The number of hydrogen-bond acceptors (Lipinski definition) is 5. The van der Waals surface area contributed by atoms with Gasteiger partial charge in [-0.2, -0.15) is 17.2 Å². The molecule has 6 nitrogen and oxygen atoms in total. The van der Waals surface area contributed by atoms with Crippen molar-refractivity contribution in [2.45, 2.75) is 4.90 Å². The summed E-state index contributed by atoms with van der Waals surface area (Å²) in [6.45, 7) is 0. The Morgan fingerprint density at radius 3 is 2.11 bits per heavy atom. The van der Waals surface area contributed by atoms with Crippen molar-refractivity contribution in [2.75, 3.05) is 7.11 Å². The third kappa shape index (κ3) is 4.53. The van der Waals surface area contributed by atoms with Crippen molar-refractivity contribution < 1.29 is 43.7 Å². The summed E-state index contributed by atoms with van der Waals surface area (Å²) in [4.78, 5) is 12.7. The molecule has 15 heteroatoms. The molecule has 0 aliphatic carbocycles. The van der Waals surface area contributed by atoms with E-state index in [0.29, 0.717) is 6.07 Å². The highest BCUT2D eigenvalue weighted by atomic mass is 79.9. The van der Waals surface area contributed by atoms with Crippen LogP contribution in [0, 0.1) is 34.9 Å². The molecule has 0 saturated heterocycles. The average Bonchev–Trinajstić information content (AvgIpc) is 2.84. The Balaban J connectivity index is 2.11. The number of benzene rings is 3. The third-order valence-corrected chi connectivity index (χ3v) is 7.54. The Kier molecular flexibility index (Phi) is 6.94. The third-order valence-electron chi connectivity index (χ3n) is 5.06. The van der Waals surface area contributed by atoms with Crippen LogP contribution >= 0.6 is 27.5 Å². The number of methoxy groups -OCH3 is 1. The number of rotatable bonds is 5. The predicted octanol–water partition coefficient (Wildman–Crippen LogP) is 6.22. The van der Waals surface area contributed by atoms with Gasteiger partial charge in [0.25, 0.3) is 0 Å². The molecule has 0 aliphatic rings. The number of ether oxygens (including phenoxy) is 1. The number of nitrogens with one attached hydrogen (secondary N) is 1. The number of aromatic amines is 1. The second kappa shape index (κ2) is 9.58. The smallest absolute Gasteiger partial charge is 0.343 e. The van der Waals surface area contributed by atoms with Crippen LogP contribution in [0.2, 0.25) is 5.02 Å². The van der Waals surface area contributed by atoms with Gasteiger partial charge >= 0.3 is 10.1 Å². The molecule has 1 heterocycles. The molecule has 194 valence electrons. The molecular weight excluding hydrogens is 620 g/mol. The predicted molar refractivity (Wildman–Crippen MR) is 123 cm³/mol. The highest BCUT2D eigenvalue weighted by molar-refractivity contribution is 9.10. The monoisotopic (exact) mass is 627 g/mol. The lowest BCUT2D eigenvalue weighted by Gasteiger charge is -2.18. The molecule has 0 radical (unpaired) electrons. The van der Waals surface area contributed by atoms with E-state index in [0.717, 1.165) is 18.2 Å². The first-order valence-corrected chi connectivity index (χ1v) is 12.2. The van der Waals surface area contributed by atoms with Crippen LogP contribution in [0.3, 0.4) is 0 Å². The summed E-state index contributed by atoms with van der Waals surface area (Å²) in [7, 11) is -4.49. The zero-order valence-electron chi connectivity index (χ0n) is 17.9. The summed E-state index contributed by atoms with van der Waals surface area (Å²) in [6, 6.07) is 5.10. The van der Waals surface area contributed by atoms with Crippen molar-refractivity contribution >= 4 is 48.6 Å². The SMILES string of the molecule is COc1cc(Br)c(Cl)cc1-c1c(S(=O)(=O)Oc2c(F)c(F)c(F)c(F)c2F)c(F)cc2[nH]c(=O)ccc12. The van der Waals surface area contributed by atoms with Gasteiger partial charge in [0.1, 0.15) is 16.5 Å². The summed E-state index contributed by atoms with van der Waals surface area (Å²) in [5, 5.41) is -0.140. The van der Waals surface area contributed by atoms with Gasteiger partial charge in [-0.05, 0) is 40.2 Å². The maximum Gasteiger partial charge on any atom is 0.343 e. The Hall–Kier alpha value is -3.23. The molecule has 0 fully saturated rings. The van der Waals surface area contributed by atoms with Crippen molar-refractivity contribution in [3.63, 3.8) is 0 Å². The van der Waals surface area contributed by atoms with Crippen LogP contribution in [0.4, 0.5) is 26.3 Å². The second-order valence-electron chi connectivity index (χ2n) is 7.25. The van der Waals surface area contributed by atoms with Crippen LogP contribution in [0.15, 0.2) is 44.5 Å². The largest absolute Gasteiger partial charge is 0.496 e. The van der Waals surface area contributed by atoms with E-state index in [9.17, 15) is 35.2 Å². The first-order valence-electron chi connectivity index (χ1n) is 9.63. The summed E-state index contributed by atoms with van der Waals surface area (Å²) in [5.41, 5.74) is -1.64. The van der Waals surface area contributed by atoms with Gasteiger partial charge < -0.3 is 13.9 Å². The van der Waals surface area contributed by atoms with E-state index in [1.54, 1.807) is 0 Å². The molecule has 1 N–H and O–H groups in total. The molecule has 4 aromatic rings. The molecule has 0 amide bonds. The van der Waals surface area contributed by atoms with E-state index in [1.807, 2.05) is 0 Å². The fourth-order valence-electron chi connectivity index (χ4n) is 3.47. The molecule has 1 aromatic heterocycles. The highest BCUT2D eigenvalue weighted by Crippen LogP contribution is 2.44. The van der Waals surface area contributed by atoms with E-state index in [1.165, 1.54) is 13.2 Å². The molecule has 0 aliphatic heterocycles. The van der Waals surface area contributed by atoms with Gasteiger partial charge in [0, 0.05) is 27.1 Å². The molecule has 4 rings (SSSR count). The zero-order chi connectivity index (χ0) is 27.4. The highest BCUT2D eigenvalue weighted by Gasteiger charge is 2.35. The minimum absolute atomic E-state index is 0.0123. The summed E-state index contributed by atoms with van der Waals surface area (Å²) in [6.07, 6.45) is 0. The van der Waals surface area contributed by atoms with Gasteiger partial charge in [-0.15, -0.1) is 0 Å². The molecule has 0 atom stereocenters. The van der Waals surface area contributed by atoms with Gasteiger partial charge in [0.15, 0.2) is 0 Å². The normalized spacial score (nSPS) is 11.7. The maximum atomic E-state index is 15.4. The van der Waals surface area contributed by atoms with Gasteiger partial charge in [0.2, 0.25) is 40.4 Å².